The van der Waals surface area contributed by atoms with Gasteiger partial charge >= 0.3 is 5.97 Å². The molecule has 0 atom stereocenters. The summed E-state index contributed by atoms with van der Waals surface area (Å²) < 4.78 is 6.92. The molecule has 2 aromatic rings. The SMILES string of the molecule is CCC(=O)Oc1c(CC)sc(=Nc2ccccc2CC)n1C(=O)CC. The molecular weight excluding hydrogens is 336 g/mol. The first-order valence-corrected chi connectivity index (χ1v) is 9.48. The molecule has 0 N–H and O–H groups in total. The van der Waals surface area contributed by atoms with Gasteiger partial charge in [-0.2, -0.15) is 0 Å². The zero-order valence-corrected chi connectivity index (χ0v) is 16.0. The fraction of sp³-hybridized carbons (Fsp3) is 0.421. The van der Waals surface area contributed by atoms with Crippen LogP contribution in [-0.2, 0) is 17.6 Å². The van der Waals surface area contributed by atoms with Crippen molar-refractivity contribution < 1.29 is 14.3 Å². The second-order valence-corrected chi connectivity index (χ2v) is 6.53. The van der Waals surface area contributed by atoms with Crippen LogP contribution in [0, 0.1) is 0 Å². The predicted octanol–water partition coefficient (Wildman–Crippen LogP) is 4.27. The Kier molecular flexibility index (Phi) is 6.70. The number of aromatic nitrogens is 1. The van der Waals surface area contributed by atoms with E-state index >= 15 is 0 Å². The lowest BCUT2D eigenvalue weighted by Gasteiger charge is -2.08. The Morgan fingerprint density at radius 2 is 1.80 bits per heavy atom. The summed E-state index contributed by atoms with van der Waals surface area (Å²) in [6, 6.07) is 7.86. The topological polar surface area (TPSA) is 60.7 Å². The first-order chi connectivity index (χ1) is 12.0. The number of hydrogen-bond acceptors (Lipinski definition) is 5. The van der Waals surface area contributed by atoms with E-state index < -0.39 is 0 Å². The average molecular weight is 360 g/mol. The van der Waals surface area contributed by atoms with Crippen LogP contribution in [0.4, 0.5) is 5.69 Å². The second kappa shape index (κ2) is 8.76. The van der Waals surface area contributed by atoms with E-state index in [0.29, 0.717) is 23.5 Å². The van der Waals surface area contributed by atoms with Crippen molar-refractivity contribution in [1.29, 1.82) is 0 Å². The highest BCUT2D eigenvalue weighted by molar-refractivity contribution is 7.09. The van der Waals surface area contributed by atoms with Crippen LogP contribution in [0.1, 0.15) is 55.8 Å². The summed E-state index contributed by atoms with van der Waals surface area (Å²) in [5.41, 5.74) is 1.94. The number of carbonyl (C=O) groups is 2. The van der Waals surface area contributed by atoms with E-state index in [9.17, 15) is 9.59 Å². The lowest BCUT2D eigenvalue weighted by molar-refractivity contribution is -0.134. The van der Waals surface area contributed by atoms with E-state index in [0.717, 1.165) is 22.5 Å². The standard InChI is InChI=1S/C19H24N2O3S/c1-5-13-11-9-10-12-14(13)20-19-21(16(22)7-3)18(15(6-2)25-19)24-17(23)8-4/h9-12H,5-8H2,1-4H3. The Bertz CT molecular complexity index is 833. The second-order valence-electron chi connectivity index (χ2n) is 5.47. The molecule has 0 radical (unpaired) electrons. The molecule has 0 amide bonds. The number of rotatable bonds is 6. The van der Waals surface area contributed by atoms with Gasteiger partial charge in [-0.1, -0.05) is 57.2 Å². The van der Waals surface area contributed by atoms with Crippen LogP contribution in [0.2, 0.25) is 0 Å². The molecule has 1 aromatic heterocycles. The Hall–Kier alpha value is -2.21. The Morgan fingerprint density at radius 3 is 2.40 bits per heavy atom. The molecule has 0 saturated carbocycles. The van der Waals surface area contributed by atoms with Gasteiger partial charge in [-0.3, -0.25) is 9.59 Å². The molecule has 134 valence electrons. The number of para-hydroxylation sites is 1. The molecule has 0 spiro atoms. The fourth-order valence-corrected chi connectivity index (χ4v) is 3.39. The number of carbonyl (C=O) groups excluding carboxylic acids is 2. The average Bonchev–Trinajstić information content (AvgIpc) is 2.98. The van der Waals surface area contributed by atoms with Crippen molar-refractivity contribution >= 4 is 28.9 Å². The van der Waals surface area contributed by atoms with Gasteiger partial charge in [0.05, 0.1) is 10.6 Å². The molecule has 0 saturated heterocycles. The predicted molar refractivity (Wildman–Crippen MR) is 99.6 cm³/mol. The number of benzene rings is 1. The number of hydrogen-bond donors (Lipinski definition) is 0. The van der Waals surface area contributed by atoms with Crippen LogP contribution < -0.4 is 9.54 Å². The molecule has 0 fully saturated rings. The summed E-state index contributed by atoms with van der Waals surface area (Å²) in [6.45, 7) is 7.56. The van der Waals surface area contributed by atoms with Gasteiger partial charge in [-0.05, 0) is 24.5 Å². The monoisotopic (exact) mass is 360 g/mol. The lowest BCUT2D eigenvalue weighted by atomic mass is 10.1. The molecule has 0 bridgehead atoms. The molecular formula is C19H24N2O3S. The Morgan fingerprint density at radius 1 is 1.08 bits per heavy atom. The van der Waals surface area contributed by atoms with E-state index in [4.69, 9.17) is 9.73 Å². The number of nitrogens with zero attached hydrogens (tertiary/aromatic N) is 2. The normalized spacial score (nSPS) is 11.6. The van der Waals surface area contributed by atoms with Crippen molar-refractivity contribution in [2.45, 2.75) is 53.4 Å². The zero-order chi connectivity index (χ0) is 18.4. The van der Waals surface area contributed by atoms with Crippen molar-refractivity contribution in [3.05, 3.63) is 39.5 Å². The van der Waals surface area contributed by atoms with Crippen molar-refractivity contribution in [1.82, 2.24) is 4.57 Å². The van der Waals surface area contributed by atoms with Crippen LogP contribution in [-0.4, -0.2) is 16.4 Å². The van der Waals surface area contributed by atoms with E-state index in [2.05, 4.69) is 6.92 Å². The molecule has 1 aromatic carbocycles. The van der Waals surface area contributed by atoms with Crippen LogP contribution in [0.25, 0.3) is 0 Å². The first-order valence-electron chi connectivity index (χ1n) is 8.66. The minimum absolute atomic E-state index is 0.136. The molecule has 0 aliphatic heterocycles. The van der Waals surface area contributed by atoms with Crippen LogP contribution >= 0.6 is 11.3 Å². The van der Waals surface area contributed by atoms with E-state index in [1.807, 2.05) is 31.2 Å². The maximum atomic E-state index is 12.5. The Labute approximate surface area is 152 Å². The van der Waals surface area contributed by atoms with Gasteiger partial charge in [0.25, 0.3) is 0 Å². The van der Waals surface area contributed by atoms with Gasteiger partial charge < -0.3 is 4.74 Å². The van der Waals surface area contributed by atoms with Crippen molar-refractivity contribution in [2.75, 3.05) is 0 Å². The quantitative estimate of drug-likeness (QED) is 0.723. The number of ether oxygens (including phenoxy) is 1. The summed E-state index contributed by atoms with van der Waals surface area (Å²) in [5, 5.41) is 0. The van der Waals surface area contributed by atoms with E-state index in [1.165, 1.54) is 15.9 Å². The fourth-order valence-electron chi connectivity index (χ4n) is 2.39. The number of thiazole rings is 1. The van der Waals surface area contributed by atoms with Crippen molar-refractivity contribution in [3.8, 4) is 5.88 Å². The van der Waals surface area contributed by atoms with E-state index in [-0.39, 0.29) is 18.3 Å². The van der Waals surface area contributed by atoms with Gasteiger partial charge in [0, 0.05) is 12.8 Å². The summed E-state index contributed by atoms with van der Waals surface area (Å²) in [6.07, 6.45) is 2.08. The minimum atomic E-state index is -0.356. The van der Waals surface area contributed by atoms with Gasteiger partial charge in [0.1, 0.15) is 0 Å². The Balaban J connectivity index is 2.70. The van der Waals surface area contributed by atoms with Crippen molar-refractivity contribution in [3.63, 3.8) is 0 Å². The van der Waals surface area contributed by atoms with Gasteiger partial charge in [0.2, 0.25) is 11.8 Å². The van der Waals surface area contributed by atoms with Crippen molar-refractivity contribution in [2.24, 2.45) is 4.99 Å². The summed E-state index contributed by atoms with van der Waals surface area (Å²) in [4.78, 5) is 30.4. The molecule has 25 heavy (non-hydrogen) atoms. The highest BCUT2D eigenvalue weighted by Crippen LogP contribution is 2.25. The lowest BCUT2D eigenvalue weighted by Crippen LogP contribution is -2.24. The van der Waals surface area contributed by atoms with Crippen LogP contribution in [0.15, 0.2) is 29.3 Å². The van der Waals surface area contributed by atoms with Gasteiger partial charge in [-0.15, -0.1) is 0 Å². The maximum Gasteiger partial charge on any atom is 0.312 e. The first kappa shape index (κ1) is 19.1. The summed E-state index contributed by atoms with van der Waals surface area (Å²) in [5.74, 6) is -0.174. The molecule has 0 aliphatic carbocycles. The smallest absolute Gasteiger partial charge is 0.312 e. The molecule has 2 rings (SSSR count). The van der Waals surface area contributed by atoms with Gasteiger partial charge in [0.15, 0.2) is 4.80 Å². The van der Waals surface area contributed by atoms with Crippen LogP contribution in [0.3, 0.4) is 0 Å². The highest BCUT2D eigenvalue weighted by atomic mass is 32.1. The molecule has 6 heteroatoms. The zero-order valence-electron chi connectivity index (χ0n) is 15.2. The van der Waals surface area contributed by atoms with E-state index in [1.54, 1.807) is 13.8 Å². The van der Waals surface area contributed by atoms with Crippen LogP contribution in [0.5, 0.6) is 5.88 Å². The molecule has 5 nitrogen and oxygen atoms in total. The van der Waals surface area contributed by atoms with Gasteiger partial charge in [-0.25, -0.2) is 9.56 Å². The highest BCUT2D eigenvalue weighted by Gasteiger charge is 2.21. The summed E-state index contributed by atoms with van der Waals surface area (Å²) in [7, 11) is 0. The third kappa shape index (κ3) is 4.25. The molecule has 0 unspecified atom stereocenters. The third-order valence-electron chi connectivity index (χ3n) is 3.81. The minimum Gasteiger partial charge on any atom is -0.408 e. The summed E-state index contributed by atoms with van der Waals surface area (Å²) >= 11 is 1.39. The number of esters is 1. The maximum absolute atomic E-state index is 12.5. The molecule has 1 heterocycles. The third-order valence-corrected chi connectivity index (χ3v) is 4.97. The molecule has 0 aliphatic rings. The number of aryl methyl sites for hydroxylation is 2. The largest absolute Gasteiger partial charge is 0.408 e.